The molecule has 0 saturated carbocycles. The van der Waals surface area contributed by atoms with Crippen LogP contribution < -0.4 is 10.9 Å². The van der Waals surface area contributed by atoms with Crippen LogP contribution in [0.1, 0.15) is 20.3 Å². The van der Waals surface area contributed by atoms with Gasteiger partial charge >= 0.3 is 0 Å². The number of sulfone groups is 1. The van der Waals surface area contributed by atoms with Crippen LogP contribution in [-0.4, -0.2) is 36.2 Å². The van der Waals surface area contributed by atoms with Gasteiger partial charge in [0, 0.05) is 18.4 Å². The van der Waals surface area contributed by atoms with Gasteiger partial charge in [-0.05, 0) is 6.42 Å². The maximum atomic E-state index is 11.7. The zero-order chi connectivity index (χ0) is 13.6. The van der Waals surface area contributed by atoms with E-state index < -0.39 is 9.84 Å². The third-order valence-electron chi connectivity index (χ3n) is 2.50. The summed E-state index contributed by atoms with van der Waals surface area (Å²) in [5.41, 5.74) is 0.374. The van der Waals surface area contributed by atoms with Gasteiger partial charge < -0.3 is 5.32 Å². The van der Waals surface area contributed by atoms with E-state index in [-0.39, 0.29) is 23.6 Å². The average Bonchev–Trinajstić information content (AvgIpc) is 2.35. The van der Waals surface area contributed by atoms with Gasteiger partial charge in [-0.1, -0.05) is 13.8 Å². The van der Waals surface area contributed by atoms with Crippen LogP contribution in [0, 0.1) is 0 Å². The predicted molar refractivity (Wildman–Crippen MR) is 71.6 cm³/mol. The van der Waals surface area contributed by atoms with E-state index in [1.165, 1.54) is 16.9 Å². The molecular formula is C11H19N3O3S. The minimum atomic E-state index is -3.07. The van der Waals surface area contributed by atoms with Crippen molar-refractivity contribution in [1.82, 2.24) is 9.78 Å². The highest BCUT2D eigenvalue weighted by molar-refractivity contribution is 7.91. The average molecular weight is 273 g/mol. The SMILES string of the molecule is CCCNc1cnn(CCS(=O)(=O)CC)c(=O)c1. The molecule has 0 atom stereocenters. The molecule has 18 heavy (non-hydrogen) atoms. The fourth-order valence-corrected chi connectivity index (χ4v) is 2.08. The second kappa shape index (κ2) is 6.53. The third-order valence-corrected chi connectivity index (χ3v) is 4.19. The highest BCUT2D eigenvalue weighted by atomic mass is 32.2. The molecule has 0 aliphatic carbocycles. The number of anilines is 1. The summed E-state index contributed by atoms with van der Waals surface area (Å²) >= 11 is 0. The molecule has 7 heteroatoms. The summed E-state index contributed by atoms with van der Waals surface area (Å²) in [5.74, 6) is 0.0238. The Hall–Kier alpha value is -1.37. The van der Waals surface area contributed by atoms with E-state index >= 15 is 0 Å². The maximum Gasteiger partial charge on any atom is 0.268 e. The molecule has 0 amide bonds. The Morgan fingerprint density at radius 1 is 1.39 bits per heavy atom. The van der Waals surface area contributed by atoms with Gasteiger partial charge in [-0.2, -0.15) is 5.10 Å². The van der Waals surface area contributed by atoms with E-state index in [9.17, 15) is 13.2 Å². The zero-order valence-corrected chi connectivity index (χ0v) is 11.5. The first kappa shape index (κ1) is 14.7. The molecule has 1 aromatic rings. The molecule has 102 valence electrons. The lowest BCUT2D eigenvalue weighted by atomic mass is 10.4. The van der Waals surface area contributed by atoms with Crippen LogP contribution in [-0.2, 0) is 16.4 Å². The molecule has 0 fully saturated rings. The van der Waals surface area contributed by atoms with Crippen molar-refractivity contribution in [1.29, 1.82) is 0 Å². The van der Waals surface area contributed by atoms with Crippen molar-refractivity contribution < 1.29 is 8.42 Å². The molecule has 6 nitrogen and oxygen atoms in total. The number of nitrogens with zero attached hydrogens (tertiary/aromatic N) is 2. The summed E-state index contributed by atoms with van der Waals surface area (Å²) in [6, 6.07) is 1.43. The second-order valence-electron chi connectivity index (χ2n) is 3.97. The summed E-state index contributed by atoms with van der Waals surface area (Å²) in [7, 11) is -3.07. The summed E-state index contributed by atoms with van der Waals surface area (Å²) in [6.45, 7) is 4.49. The molecule has 0 radical (unpaired) electrons. The largest absolute Gasteiger partial charge is 0.384 e. The second-order valence-corrected chi connectivity index (χ2v) is 6.44. The molecular weight excluding hydrogens is 254 g/mol. The molecule has 0 aromatic carbocycles. The zero-order valence-electron chi connectivity index (χ0n) is 10.7. The Labute approximate surface area is 107 Å². The molecule has 0 aliphatic rings. The molecule has 0 spiro atoms. The summed E-state index contributed by atoms with van der Waals surface area (Å²) in [5, 5.41) is 7.00. The number of hydrogen-bond acceptors (Lipinski definition) is 5. The van der Waals surface area contributed by atoms with E-state index in [1.807, 2.05) is 6.92 Å². The number of rotatable bonds is 7. The Balaban J connectivity index is 2.71. The number of aryl methyl sites for hydroxylation is 1. The van der Waals surface area contributed by atoms with E-state index in [1.54, 1.807) is 6.92 Å². The minimum absolute atomic E-state index is 0.0574. The van der Waals surface area contributed by atoms with Gasteiger partial charge in [-0.3, -0.25) is 4.79 Å². The van der Waals surface area contributed by atoms with Crippen molar-refractivity contribution in [2.24, 2.45) is 0 Å². The summed E-state index contributed by atoms with van der Waals surface area (Å²) < 4.78 is 23.8. The lowest BCUT2D eigenvalue weighted by Gasteiger charge is -2.07. The standard InChI is InChI=1S/C11H19N3O3S/c1-3-5-12-10-8-11(15)14(13-9-10)6-7-18(16,17)4-2/h8-9,12H,3-7H2,1-2H3. The molecule has 1 N–H and O–H groups in total. The third kappa shape index (κ3) is 4.48. The van der Waals surface area contributed by atoms with Crippen molar-refractivity contribution >= 4 is 15.5 Å². The molecule has 0 saturated heterocycles. The first-order valence-electron chi connectivity index (χ1n) is 6.00. The van der Waals surface area contributed by atoms with Crippen molar-refractivity contribution in [3.63, 3.8) is 0 Å². The van der Waals surface area contributed by atoms with Crippen LogP contribution in [0.25, 0.3) is 0 Å². The molecule has 1 heterocycles. The predicted octanol–water partition coefficient (Wildman–Crippen LogP) is 0.500. The van der Waals surface area contributed by atoms with E-state index in [4.69, 9.17) is 0 Å². The highest BCUT2D eigenvalue weighted by Gasteiger charge is 2.08. The van der Waals surface area contributed by atoms with Gasteiger partial charge in [0.25, 0.3) is 5.56 Å². The lowest BCUT2D eigenvalue weighted by molar-refractivity contribution is 0.572. The molecule has 1 aromatic heterocycles. The Morgan fingerprint density at radius 2 is 2.11 bits per heavy atom. The van der Waals surface area contributed by atoms with Gasteiger partial charge in [0.05, 0.1) is 24.2 Å². The topological polar surface area (TPSA) is 81.1 Å². The van der Waals surface area contributed by atoms with Gasteiger partial charge in [0.15, 0.2) is 9.84 Å². The van der Waals surface area contributed by atoms with Crippen molar-refractivity contribution in [3.8, 4) is 0 Å². The normalized spacial score (nSPS) is 11.4. The smallest absolute Gasteiger partial charge is 0.268 e. The van der Waals surface area contributed by atoms with Crippen molar-refractivity contribution in [3.05, 3.63) is 22.6 Å². The van der Waals surface area contributed by atoms with Crippen molar-refractivity contribution in [2.45, 2.75) is 26.8 Å². The molecule has 0 unspecified atom stereocenters. The highest BCUT2D eigenvalue weighted by Crippen LogP contribution is 1.99. The fraction of sp³-hybridized carbons (Fsp3) is 0.636. The van der Waals surface area contributed by atoms with Crippen LogP contribution >= 0.6 is 0 Å². The van der Waals surface area contributed by atoms with Gasteiger partial charge in [0.1, 0.15) is 0 Å². The van der Waals surface area contributed by atoms with Gasteiger partial charge in [-0.25, -0.2) is 13.1 Å². The minimum Gasteiger partial charge on any atom is -0.384 e. The molecule has 0 aliphatic heterocycles. The Kier molecular flexibility index (Phi) is 5.33. The number of nitrogens with one attached hydrogen (secondary N) is 1. The number of aromatic nitrogens is 2. The maximum absolute atomic E-state index is 11.7. The first-order chi connectivity index (χ1) is 8.48. The molecule has 1 rings (SSSR count). The fourth-order valence-electron chi connectivity index (χ4n) is 1.34. The van der Waals surface area contributed by atoms with Crippen LogP contribution in [0.3, 0.4) is 0 Å². The monoisotopic (exact) mass is 273 g/mol. The van der Waals surface area contributed by atoms with E-state index in [0.717, 1.165) is 13.0 Å². The van der Waals surface area contributed by atoms with Crippen LogP contribution in [0.15, 0.2) is 17.1 Å². The van der Waals surface area contributed by atoms with Crippen LogP contribution in [0.2, 0.25) is 0 Å². The van der Waals surface area contributed by atoms with Crippen LogP contribution in [0.5, 0.6) is 0 Å². The Bertz CT molecular complexity index is 537. The lowest BCUT2D eigenvalue weighted by Crippen LogP contribution is -2.26. The van der Waals surface area contributed by atoms with E-state index in [2.05, 4.69) is 10.4 Å². The number of hydrogen-bond donors (Lipinski definition) is 1. The molecule has 0 bridgehead atoms. The summed E-state index contributed by atoms with van der Waals surface area (Å²) in [6.07, 6.45) is 2.49. The first-order valence-corrected chi connectivity index (χ1v) is 7.82. The van der Waals surface area contributed by atoms with Gasteiger partial charge in [0.2, 0.25) is 0 Å². The quantitative estimate of drug-likeness (QED) is 0.782. The summed E-state index contributed by atoms with van der Waals surface area (Å²) in [4.78, 5) is 11.7. The Morgan fingerprint density at radius 3 is 2.67 bits per heavy atom. The van der Waals surface area contributed by atoms with Crippen LogP contribution in [0.4, 0.5) is 5.69 Å². The van der Waals surface area contributed by atoms with Crippen molar-refractivity contribution in [2.75, 3.05) is 23.4 Å². The van der Waals surface area contributed by atoms with Gasteiger partial charge in [-0.15, -0.1) is 0 Å². The van der Waals surface area contributed by atoms with E-state index in [0.29, 0.717) is 5.69 Å².